The first kappa shape index (κ1) is 11.9. The Labute approximate surface area is 102 Å². The SMILES string of the molecule is CC(C)(C)n1cc(-c2ccccc2CN)cn1. The minimum Gasteiger partial charge on any atom is -0.326 e. The summed E-state index contributed by atoms with van der Waals surface area (Å²) in [4.78, 5) is 0. The second kappa shape index (κ2) is 4.34. The third-order valence-electron chi connectivity index (χ3n) is 2.82. The van der Waals surface area contributed by atoms with Crippen LogP contribution in [0.15, 0.2) is 36.7 Å². The minimum atomic E-state index is 0.00983. The standard InChI is InChI=1S/C14H19N3/c1-14(2,3)17-10-12(9-16-17)13-7-5-4-6-11(13)8-15/h4-7,9-10H,8,15H2,1-3H3. The number of aromatic nitrogens is 2. The molecule has 0 atom stereocenters. The van der Waals surface area contributed by atoms with E-state index in [2.05, 4.69) is 44.2 Å². The summed E-state index contributed by atoms with van der Waals surface area (Å²) in [5.74, 6) is 0. The number of nitrogens with zero attached hydrogens (tertiary/aromatic N) is 2. The van der Waals surface area contributed by atoms with E-state index in [1.165, 1.54) is 5.56 Å². The number of hydrogen-bond acceptors (Lipinski definition) is 2. The predicted molar refractivity (Wildman–Crippen MR) is 70.6 cm³/mol. The molecule has 0 saturated carbocycles. The number of benzene rings is 1. The van der Waals surface area contributed by atoms with Gasteiger partial charge in [0.2, 0.25) is 0 Å². The zero-order chi connectivity index (χ0) is 12.5. The fraction of sp³-hybridized carbons (Fsp3) is 0.357. The molecule has 0 aliphatic rings. The van der Waals surface area contributed by atoms with Crippen molar-refractivity contribution >= 4 is 0 Å². The molecule has 0 amide bonds. The zero-order valence-corrected chi connectivity index (χ0v) is 10.6. The van der Waals surface area contributed by atoms with Crippen molar-refractivity contribution < 1.29 is 0 Å². The van der Waals surface area contributed by atoms with Gasteiger partial charge in [-0.05, 0) is 31.9 Å². The van der Waals surface area contributed by atoms with E-state index in [9.17, 15) is 0 Å². The summed E-state index contributed by atoms with van der Waals surface area (Å²) in [6, 6.07) is 8.19. The molecule has 0 aliphatic carbocycles. The highest BCUT2D eigenvalue weighted by Crippen LogP contribution is 2.24. The Bertz CT molecular complexity index is 506. The average molecular weight is 229 g/mol. The Balaban J connectivity index is 2.44. The van der Waals surface area contributed by atoms with Crippen molar-refractivity contribution in [2.75, 3.05) is 0 Å². The zero-order valence-electron chi connectivity index (χ0n) is 10.6. The highest BCUT2D eigenvalue weighted by atomic mass is 15.3. The van der Waals surface area contributed by atoms with Crippen LogP contribution in [-0.2, 0) is 12.1 Å². The molecule has 17 heavy (non-hydrogen) atoms. The molecule has 1 aromatic heterocycles. The Morgan fingerprint density at radius 3 is 2.53 bits per heavy atom. The van der Waals surface area contributed by atoms with Crippen LogP contribution < -0.4 is 5.73 Å². The summed E-state index contributed by atoms with van der Waals surface area (Å²) in [5, 5.41) is 4.42. The molecule has 0 saturated heterocycles. The first-order valence-corrected chi connectivity index (χ1v) is 5.86. The van der Waals surface area contributed by atoms with Crippen molar-refractivity contribution in [1.82, 2.24) is 9.78 Å². The van der Waals surface area contributed by atoms with Crippen LogP contribution in [0.4, 0.5) is 0 Å². The molecule has 0 radical (unpaired) electrons. The summed E-state index contributed by atoms with van der Waals surface area (Å²) in [7, 11) is 0. The monoisotopic (exact) mass is 229 g/mol. The van der Waals surface area contributed by atoms with E-state index in [0.717, 1.165) is 11.1 Å². The summed E-state index contributed by atoms with van der Waals surface area (Å²) in [6.45, 7) is 6.97. The molecule has 0 aliphatic heterocycles. The lowest BCUT2D eigenvalue weighted by Gasteiger charge is -2.18. The van der Waals surface area contributed by atoms with Crippen molar-refractivity contribution in [3.63, 3.8) is 0 Å². The Kier molecular flexibility index (Phi) is 3.03. The summed E-state index contributed by atoms with van der Waals surface area (Å²) < 4.78 is 1.98. The van der Waals surface area contributed by atoms with Gasteiger partial charge in [-0.15, -0.1) is 0 Å². The summed E-state index contributed by atoms with van der Waals surface area (Å²) in [6.07, 6.45) is 3.98. The lowest BCUT2D eigenvalue weighted by Crippen LogP contribution is -2.21. The van der Waals surface area contributed by atoms with Crippen molar-refractivity contribution in [2.45, 2.75) is 32.9 Å². The molecular weight excluding hydrogens is 210 g/mol. The van der Waals surface area contributed by atoms with E-state index in [-0.39, 0.29) is 5.54 Å². The van der Waals surface area contributed by atoms with Crippen LogP contribution in [0, 0.1) is 0 Å². The van der Waals surface area contributed by atoms with Crippen molar-refractivity contribution in [2.24, 2.45) is 5.73 Å². The Hall–Kier alpha value is -1.61. The van der Waals surface area contributed by atoms with Gasteiger partial charge in [0, 0.05) is 18.3 Å². The molecule has 3 nitrogen and oxygen atoms in total. The molecule has 3 heteroatoms. The number of rotatable bonds is 2. The molecule has 2 aromatic rings. The van der Waals surface area contributed by atoms with Gasteiger partial charge in [-0.1, -0.05) is 24.3 Å². The van der Waals surface area contributed by atoms with E-state index in [0.29, 0.717) is 6.54 Å². The smallest absolute Gasteiger partial charge is 0.0568 e. The molecule has 2 rings (SSSR count). The average Bonchev–Trinajstić information content (AvgIpc) is 2.77. The van der Waals surface area contributed by atoms with Crippen molar-refractivity contribution in [1.29, 1.82) is 0 Å². The molecule has 0 bridgehead atoms. The maximum absolute atomic E-state index is 5.75. The van der Waals surface area contributed by atoms with Crippen LogP contribution in [-0.4, -0.2) is 9.78 Å². The largest absolute Gasteiger partial charge is 0.326 e. The molecule has 1 heterocycles. The fourth-order valence-electron chi connectivity index (χ4n) is 1.81. The van der Waals surface area contributed by atoms with Crippen LogP contribution in [0.3, 0.4) is 0 Å². The maximum Gasteiger partial charge on any atom is 0.0568 e. The van der Waals surface area contributed by atoms with Gasteiger partial charge in [-0.3, -0.25) is 4.68 Å². The van der Waals surface area contributed by atoms with E-state index in [4.69, 9.17) is 5.73 Å². The number of nitrogens with two attached hydrogens (primary N) is 1. The first-order chi connectivity index (χ1) is 8.02. The molecular formula is C14H19N3. The Morgan fingerprint density at radius 1 is 1.24 bits per heavy atom. The van der Waals surface area contributed by atoms with E-state index >= 15 is 0 Å². The molecule has 2 N–H and O–H groups in total. The van der Waals surface area contributed by atoms with Crippen LogP contribution in [0.5, 0.6) is 0 Å². The third-order valence-corrected chi connectivity index (χ3v) is 2.82. The highest BCUT2D eigenvalue weighted by molar-refractivity contribution is 5.65. The van der Waals surface area contributed by atoms with Gasteiger partial charge in [0.15, 0.2) is 0 Å². The first-order valence-electron chi connectivity index (χ1n) is 5.86. The highest BCUT2D eigenvalue weighted by Gasteiger charge is 2.15. The molecule has 0 unspecified atom stereocenters. The topological polar surface area (TPSA) is 43.8 Å². The normalized spacial score (nSPS) is 11.8. The van der Waals surface area contributed by atoms with E-state index < -0.39 is 0 Å². The molecule has 0 fully saturated rings. The van der Waals surface area contributed by atoms with Crippen molar-refractivity contribution in [3.8, 4) is 11.1 Å². The van der Waals surface area contributed by atoms with Crippen LogP contribution in [0.25, 0.3) is 11.1 Å². The van der Waals surface area contributed by atoms with Crippen molar-refractivity contribution in [3.05, 3.63) is 42.2 Å². The lowest BCUT2D eigenvalue weighted by atomic mass is 10.0. The van der Waals surface area contributed by atoms with Gasteiger partial charge in [0.05, 0.1) is 11.7 Å². The molecule has 1 aromatic carbocycles. The Morgan fingerprint density at radius 2 is 1.94 bits per heavy atom. The summed E-state index contributed by atoms with van der Waals surface area (Å²) >= 11 is 0. The second-order valence-electron chi connectivity index (χ2n) is 5.21. The third kappa shape index (κ3) is 2.39. The van der Waals surface area contributed by atoms with E-state index in [1.54, 1.807) is 0 Å². The fourth-order valence-corrected chi connectivity index (χ4v) is 1.81. The predicted octanol–water partition coefficient (Wildman–Crippen LogP) is 2.76. The van der Waals surface area contributed by atoms with Gasteiger partial charge >= 0.3 is 0 Å². The van der Waals surface area contributed by atoms with Gasteiger partial charge in [-0.25, -0.2) is 0 Å². The van der Waals surface area contributed by atoms with Gasteiger partial charge in [-0.2, -0.15) is 5.10 Å². The van der Waals surface area contributed by atoms with Gasteiger partial charge in [0.25, 0.3) is 0 Å². The van der Waals surface area contributed by atoms with Crippen LogP contribution >= 0.6 is 0 Å². The van der Waals surface area contributed by atoms with Crippen LogP contribution in [0.1, 0.15) is 26.3 Å². The minimum absolute atomic E-state index is 0.00983. The molecule has 90 valence electrons. The van der Waals surface area contributed by atoms with Gasteiger partial charge in [0.1, 0.15) is 0 Å². The van der Waals surface area contributed by atoms with Gasteiger partial charge < -0.3 is 5.73 Å². The number of hydrogen-bond donors (Lipinski definition) is 1. The maximum atomic E-state index is 5.75. The van der Waals surface area contributed by atoms with Crippen LogP contribution in [0.2, 0.25) is 0 Å². The molecule has 0 spiro atoms. The quantitative estimate of drug-likeness (QED) is 0.860. The summed E-state index contributed by atoms with van der Waals surface area (Å²) in [5.41, 5.74) is 9.21. The second-order valence-corrected chi connectivity index (χ2v) is 5.21. The van der Waals surface area contributed by atoms with E-state index in [1.807, 2.05) is 23.0 Å². The lowest BCUT2D eigenvalue weighted by molar-refractivity contribution is 0.355.